The predicted molar refractivity (Wildman–Crippen MR) is 93.7 cm³/mol. The van der Waals surface area contributed by atoms with Gasteiger partial charge in [-0.3, -0.25) is 4.79 Å². The molecule has 1 saturated carbocycles. The molecule has 0 aromatic rings. The maximum atomic E-state index is 12.4. The number of hydrogen-bond donors (Lipinski definition) is 2. The summed E-state index contributed by atoms with van der Waals surface area (Å²) < 4.78 is 11.1. The molecule has 1 aliphatic carbocycles. The third kappa shape index (κ3) is 3.89. The van der Waals surface area contributed by atoms with E-state index in [1.807, 2.05) is 19.1 Å². The highest BCUT2D eigenvalue weighted by Crippen LogP contribution is 2.49. The number of epoxide rings is 1. The second-order valence-electron chi connectivity index (χ2n) is 8.27. The van der Waals surface area contributed by atoms with Crippen LogP contribution in [0.4, 0.5) is 0 Å². The first-order valence-electron chi connectivity index (χ1n) is 8.91. The van der Waals surface area contributed by atoms with Crippen LogP contribution in [0, 0.1) is 11.8 Å². The van der Waals surface area contributed by atoms with Gasteiger partial charge in [-0.15, -0.1) is 0 Å². The molecule has 0 bridgehead atoms. The summed E-state index contributed by atoms with van der Waals surface area (Å²) in [5, 5.41) is 20.2. The van der Waals surface area contributed by atoms with E-state index in [2.05, 4.69) is 6.58 Å². The quantitative estimate of drug-likeness (QED) is 0.455. The van der Waals surface area contributed by atoms with Gasteiger partial charge < -0.3 is 19.7 Å². The number of aliphatic hydroxyl groups excluding tert-OH is 1. The van der Waals surface area contributed by atoms with Crippen molar-refractivity contribution in [2.45, 2.75) is 63.4 Å². The van der Waals surface area contributed by atoms with Crippen molar-refractivity contribution < 1.29 is 24.5 Å². The summed E-state index contributed by atoms with van der Waals surface area (Å²) in [6, 6.07) is 0. The minimum Gasteiger partial charge on any atom is -0.461 e. The number of rotatable bonds is 2. The van der Waals surface area contributed by atoms with Crippen molar-refractivity contribution in [3.63, 3.8) is 0 Å². The zero-order valence-corrected chi connectivity index (χ0v) is 15.2. The number of fused-ring (bicyclic) bond motifs is 2. The van der Waals surface area contributed by atoms with Gasteiger partial charge >= 0.3 is 5.97 Å². The first-order chi connectivity index (χ1) is 11.6. The largest absolute Gasteiger partial charge is 0.461 e. The van der Waals surface area contributed by atoms with Crippen molar-refractivity contribution >= 4 is 5.97 Å². The second kappa shape index (κ2) is 6.38. The molecule has 2 heterocycles. The van der Waals surface area contributed by atoms with Gasteiger partial charge in [0.05, 0.1) is 23.2 Å². The summed E-state index contributed by atoms with van der Waals surface area (Å²) >= 11 is 0. The van der Waals surface area contributed by atoms with Crippen molar-refractivity contribution in [3.8, 4) is 0 Å². The van der Waals surface area contributed by atoms with Crippen molar-refractivity contribution in [1.29, 1.82) is 0 Å². The number of hydrogen-bond acceptors (Lipinski definition) is 5. The van der Waals surface area contributed by atoms with Crippen molar-refractivity contribution in [2.24, 2.45) is 11.8 Å². The molecule has 3 fully saturated rings. The number of ether oxygens (including phenoxy) is 2. The van der Waals surface area contributed by atoms with Crippen LogP contribution in [0.25, 0.3) is 0 Å². The lowest BCUT2D eigenvalue weighted by atomic mass is 9.76. The molecule has 2 N–H and O–H groups in total. The minimum atomic E-state index is -0.892. The van der Waals surface area contributed by atoms with Crippen LogP contribution in [-0.2, 0) is 14.3 Å². The van der Waals surface area contributed by atoms with Crippen LogP contribution in [0.2, 0.25) is 0 Å². The smallest absolute Gasteiger partial charge is 0.314 e. The average Bonchev–Trinajstić information content (AvgIpc) is 3.17. The Morgan fingerprint density at radius 1 is 1.40 bits per heavy atom. The normalized spacial score (nSPS) is 40.8. The number of carbonyl (C=O) groups is 1. The Morgan fingerprint density at radius 3 is 2.80 bits per heavy atom. The predicted octanol–water partition coefficient (Wildman–Crippen LogP) is 2.29. The zero-order valence-electron chi connectivity index (χ0n) is 15.2. The number of esters is 1. The number of carbonyl (C=O) groups excluding carboxylic acids is 1. The number of cyclic esters (lactones) is 1. The van der Waals surface area contributed by atoms with Crippen molar-refractivity contribution in [2.75, 3.05) is 6.61 Å². The molecular weight excluding hydrogens is 320 g/mol. The van der Waals surface area contributed by atoms with E-state index in [4.69, 9.17) is 9.47 Å². The fourth-order valence-electron chi connectivity index (χ4n) is 4.00. The zero-order chi connectivity index (χ0) is 18.4. The summed E-state index contributed by atoms with van der Waals surface area (Å²) in [4.78, 5) is 12.4. The molecule has 25 heavy (non-hydrogen) atoms. The van der Waals surface area contributed by atoms with Crippen LogP contribution in [0.15, 0.2) is 36.0 Å². The minimum absolute atomic E-state index is 0.00724. The van der Waals surface area contributed by atoms with E-state index >= 15 is 0 Å². The molecule has 0 spiro atoms. The van der Waals surface area contributed by atoms with Gasteiger partial charge in [-0.05, 0) is 45.6 Å². The Labute approximate surface area is 149 Å². The van der Waals surface area contributed by atoms with E-state index in [0.717, 1.165) is 18.4 Å². The van der Waals surface area contributed by atoms with Crippen LogP contribution < -0.4 is 0 Å². The molecule has 138 valence electrons. The maximum Gasteiger partial charge on any atom is 0.314 e. The summed E-state index contributed by atoms with van der Waals surface area (Å²) in [6.45, 7) is 9.76. The lowest BCUT2D eigenvalue weighted by Crippen LogP contribution is -2.36. The molecule has 2 aliphatic heterocycles. The van der Waals surface area contributed by atoms with Gasteiger partial charge in [0.2, 0.25) is 0 Å². The SMILES string of the molecule is C=C1C[C@@H](O)[C@@H]2O[C@]2(C)CC[C@@H]2/C(=C\C=C\C(C)(C)O)COC(=O)[C@@H]12. The highest BCUT2D eigenvalue weighted by molar-refractivity contribution is 5.78. The highest BCUT2D eigenvalue weighted by Gasteiger charge is 2.57. The molecule has 0 amide bonds. The van der Waals surface area contributed by atoms with Gasteiger partial charge in [0.15, 0.2) is 0 Å². The molecule has 2 saturated heterocycles. The van der Waals surface area contributed by atoms with Gasteiger partial charge in [-0.25, -0.2) is 0 Å². The van der Waals surface area contributed by atoms with Crippen LogP contribution in [0.1, 0.15) is 40.0 Å². The molecule has 0 aromatic carbocycles. The molecule has 5 atom stereocenters. The van der Waals surface area contributed by atoms with Gasteiger partial charge in [0, 0.05) is 5.92 Å². The maximum absolute atomic E-state index is 12.4. The Kier molecular flexibility index (Phi) is 4.69. The Bertz CT molecular complexity index is 626. The molecule has 5 heteroatoms. The van der Waals surface area contributed by atoms with Gasteiger partial charge in [0.25, 0.3) is 0 Å². The fraction of sp³-hybridized carbons (Fsp3) is 0.650. The second-order valence-corrected chi connectivity index (χ2v) is 8.27. The standard InChI is InChI=1S/C20H28O5/c1-12-10-15(21)17-20(4,25-17)9-7-14-13(6-5-8-19(2,3)23)11-24-18(22)16(12)14/h5-6,8,14-17,21,23H,1,7,9-11H2,2-4H3/b8-5+,13-6-/t14-,15-,16+,17+,20-/m1/s1. The average molecular weight is 348 g/mol. The van der Waals surface area contributed by atoms with Crippen LogP contribution in [0.3, 0.4) is 0 Å². The van der Waals surface area contributed by atoms with E-state index in [9.17, 15) is 15.0 Å². The molecule has 3 aliphatic rings. The van der Waals surface area contributed by atoms with E-state index in [1.54, 1.807) is 19.9 Å². The molecule has 5 nitrogen and oxygen atoms in total. The first kappa shape index (κ1) is 18.4. The lowest BCUT2D eigenvalue weighted by molar-refractivity contribution is -0.151. The number of aliphatic hydroxyl groups is 2. The van der Waals surface area contributed by atoms with E-state index < -0.39 is 17.6 Å². The first-order valence-corrected chi connectivity index (χ1v) is 8.91. The topological polar surface area (TPSA) is 79.3 Å². The van der Waals surface area contributed by atoms with Gasteiger partial charge in [-0.1, -0.05) is 30.4 Å². The summed E-state index contributed by atoms with van der Waals surface area (Å²) in [5.41, 5.74) is 0.517. The third-order valence-electron chi connectivity index (χ3n) is 5.48. The lowest BCUT2D eigenvalue weighted by Gasteiger charge is -2.34. The van der Waals surface area contributed by atoms with Crippen LogP contribution >= 0.6 is 0 Å². The molecule has 0 aromatic heterocycles. The van der Waals surface area contributed by atoms with Gasteiger partial charge in [-0.2, -0.15) is 0 Å². The Hall–Kier alpha value is -1.43. The van der Waals surface area contributed by atoms with E-state index in [1.165, 1.54) is 0 Å². The number of allylic oxidation sites excluding steroid dienone is 2. The highest BCUT2D eigenvalue weighted by atomic mass is 16.6. The van der Waals surface area contributed by atoms with Crippen LogP contribution in [0.5, 0.6) is 0 Å². The fourth-order valence-corrected chi connectivity index (χ4v) is 4.00. The summed E-state index contributed by atoms with van der Waals surface area (Å²) in [5.74, 6) is -0.689. The molecule has 0 radical (unpaired) electrons. The van der Waals surface area contributed by atoms with E-state index in [0.29, 0.717) is 12.0 Å². The molecule has 0 unspecified atom stereocenters. The Morgan fingerprint density at radius 2 is 2.12 bits per heavy atom. The van der Waals surface area contributed by atoms with Gasteiger partial charge in [0.1, 0.15) is 12.7 Å². The van der Waals surface area contributed by atoms with E-state index in [-0.39, 0.29) is 30.2 Å². The molecular formula is C20H28O5. The van der Waals surface area contributed by atoms with Crippen molar-refractivity contribution in [3.05, 3.63) is 36.0 Å². The summed E-state index contributed by atoms with van der Waals surface area (Å²) in [7, 11) is 0. The monoisotopic (exact) mass is 348 g/mol. The van der Waals surface area contributed by atoms with Crippen LogP contribution in [-0.4, -0.2) is 46.2 Å². The Balaban J connectivity index is 1.88. The third-order valence-corrected chi connectivity index (χ3v) is 5.48. The summed E-state index contributed by atoms with van der Waals surface area (Å²) in [6.07, 6.45) is 6.55. The molecule has 3 rings (SSSR count). The van der Waals surface area contributed by atoms with Crippen molar-refractivity contribution in [1.82, 2.24) is 0 Å².